The number of carbonyl (C=O) groups is 2. The average Bonchev–Trinajstić information content (AvgIpc) is 3.18. The first-order valence-corrected chi connectivity index (χ1v) is 17.2. The van der Waals surface area contributed by atoms with E-state index in [9.17, 15) is 9.59 Å². The summed E-state index contributed by atoms with van der Waals surface area (Å²) in [5, 5.41) is 23.3. The number of carbonyl (C=O) groups excluding carboxylic acids is 2. The highest BCUT2D eigenvalue weighted by molar-refractivity contribution is 6.38. The molecule has 6 aromatic rings. The van der Waals surface area contributed by atoms with Gasteiger partial charge in [0.2, 0.25) is 0 Å². The summed E-state index contributed by atoms with van der Waals surface area (Å²) in [5.41, 5.74) is 2.68. The van der Waals surface area contributed by atoms with Crippen LogP contribution in [-0.4, -0.2) is 36.0 Å². The van der Waals surface area contributed by atoms with Crippen molar-refractivity contribution in [3.63, 3.8) is 0 Å². The van der Waals surface area contributed by atoms with Crippen LogP contribution in [0.5, 0.6) is 11.5 Å². The first kappa shape index (κ1) is 39.3. The molecule has 6 rings (SSSR count). The van der Waals surface area contributed by atoms with Crippen LogP contribution in [0.15, 0.2) is 142 Å². The van der Waals surface area contributed by atoms with E-state index in [1.165, 1.54) is 26.4 Å². The Labute approximate surface area is 329 Å². The molecule has 0 spiro atoms. The molecule has 0 bridgehead atoms. The number of nitrogens with one attached hydrogen (secondary N) is 2. The number of rotatable bonds is 10. The van der Waals surface area contributed by atoms with Gasteiger partial charge in [0.05, 0.1) is 58.1 Å². The normalized spacial score (nSPS) is 10.8. The van der Waals surface area contributed by atoms with Gasteiger partial charge in [0, 0.05) is 34.6 Å². The Morgan fingerprint density at radius 3 is 1.31 bits per heavy atom. The van der Waals surface area contributed by atoms with Crippen LogP contribution in [-0.2, 0) is 0 Å². The van der Waals surface area contributed by atoms with Crippen LogP contribution in [0.4, 0.5) is 34.4 Å². The van der Waals surface area contributed by atoms with Crippen molar-refractivity contribution < 1.29 is 19.1 Å². The molecule has 0 atom stereocenters. The summed E-state index contributed by atoms with van der Waals surface area (Å²) in [7, 11) is 3.00. The van der Waals surface area contributed by atoms with Crippen LogP contribution in [0.2, 0.25) is 20.1 Å². The third kappa shape index (κ3) is 11.0. The van der Waals surface area contributed by atoms with Crippen molar-refractivity contribution in [1.82, 2.24) is 9.97 Å². The van der Waals surface area contributed by atoms with Crippen LogP contribution in [0.3, 0.4) is 0 Å². The number of anilines is 2. The second kappa shape index (κ2) is 19.2. The minimum Gasteiger partial charge on any atom is -0.494 e. The van der Waals surface area contributed by atoms with Gasteiger partial charge in [-0.05, 0) is 84.9 Å². The number of halogens is 4. The molecule has 0 fully saturated rings. The number of amides is 2. The number of benzene rings is 4. The maximum atomic E-state index is 12.5. The third-order valence-corrected chi connectivity index (χ3v) is 8.15. The molecule has 0 aliphatic carbocycles. The number of pyridine rings is 2. The third-order valence-electron chi connectivity index (χ3n) is 7.05. The predicted octanol–water partition coefficient (Wildman–Crippen LogP) is 12.1. The zero-order valence-corrected chi connectivity index (χ0v) is 31.4. The molecule has 0 aliphatic rings. The Bertz CT molecular complexity index is 2150. The molecule has 2 aromatic heterocycles. The number of hydrogen-bond donors (Lipinski definition) is 2. The van der Waals surface area contributed by atoms with E-state index in [4.69, 9.17) is 55.9 Å². The van der Waals surface area contributed by atoms with E-state index in [0.29, 0.717) is 67.1 Å². The van der Waals surface area contributed by atoms with Gasteiger partial charge < -0.3 is 20.1 Å². The number of nitrogens with zero attached hydrogens (tertiary/aromatic N) is 6. The largest absolute Gasteiger partial charge is 0.494 e. The van der Waals surface area contributed by atoms with E-state index in [0.717, 1.165) is 0 Å². The van der Waals surface area contributed by atoms with E-state index in [2.05, 4.69) is 41.1 Å². The van der Waals surface area contributed by atoms with Crippen molar-refractivity contribution in [3.05, 3.63) is 153 Å². The molecule has 2 N–H and O–H groups in total. The molecule has 54 heavy (non-hydrogen) atoms. The highest BCUT2D eigenvalue weighted by atomic mass is 35.5. The fourth-order valence-corrected chi connectivity index (χ4v) is 5.45. The summed E-state index contributed by atoms with van der Waals surface area (Å²) in [5.74, 6) is 1.10. The van der Waals surface area contributed by atoms with Crippen molar-refractivity contribution in [3.8, 4) is 11.5 Å². The van der Waals surface area contributed by atoms with Gasteiger partial charge in [-0.3, -0.25) is 9.59 Å². The fourth-order valence-electron chi connectivity index (χ4n) is 4.46. The Morgan fingerprint density at radius 1 is 0.537 bits per heavy atom. The van der Waals surface area contributed by atoms with Crippen LogP contribution >= 0.6 is 46.4 Å². The number of azo groups is 2. The molecule has 0 saturated carbocycles. The van der Waals surface area contributed by atoms with Crippen LogP contribution in [0.1, 0.15) is 20.7 Å². The Hall–Kier alpha value is -5.92. The predicted molar refractivity (Wildman–Crippen MR) is 212 cm³/mol. The number of ether oxygens (including phenoxy) is 2. The van der Waals surface area contributed by atoms with Crippen molar-refractivity contribution >= 4 is 92.6 Å². The van der Waals surface area contributed by atoms with Crippen LogP contribution in [0, 0.1) is 0 Å². The second-order valence-corrected chi connectivity index (χ2v) is 12.4. The van der Waals surface area contributed by atoms with Gasteiger partial charge in [0.15, 0.2) is 11.6 Å². The molecule has 4 aromatic carbocycles. The standard InChI is InChI=1S/2C19H14Cl2N4O2/c2*1-27-17-11-13(24-25-18-4-2-3-9-22-18)6-8-16(17)23-19(26)14-7-5-12(20)10-15(14)21/h2*2-11H,1H3,(H,23,26). The smallest absolute Gasteiger partial charge is 0.257 e. The maximum Gasteiger partial charge on any atom is 0.257 e. The van der Waals surface area contributed by atoms with Crippen molar-refractivity contribution in [1.29, 1.82) is 0 Å². The molecule has 2 heterocycles. The number of aromatic nitrogens is 2. The Morgan fingerprint density at radius 2 is 0.963 bits per heavy atom. The molecular formula is C38H28Cl4N8O4. The summed E-state index contributed by atoms with van der Waals surface area (Å²) < 4.78 is 10.7. The lowest BCUT2D eigenvalue weighted by atomic mass is 10.2. The molecule has 12 nitrogen and oxygen atoms in total. The lowest BCUT2D eigenvalue weighted by molar-refractivity contribution is 0.101. The summed E-state index contributed by atoms with van der Waals surface area (Å²) in [6.07, 6.45) is 3.27. The van der Waals surface area contributed by atoms with Crippen molar-refractivity contribution in [2.24, 2.45) is 20.5 Å². The minimum atomic E-state index is -0.377. The highest BCUT2D eigenvalue weighted by Crippen LogP contribution is 2.33. The van der Waals surface area contributed by atoms with Crippen molar-refractivity contribution in [2.75, 3.05) is 24.9 Å². The summed E-state index contributed by atoms with van der Waals surface area (Å²) in [6, 6.07) is 30.1. The molecule has 0 radical (unpaired) electrons. The van der Waals surface area contributed by atoms with Gasteiger partial charge in [0.1, 0.15) is 11.5 Å². The number of hydrogen-bond acceptors (Lipinski definition) is 10. The molecule has 16 heteroatoms. The van der Waals surface area contributed by atoms with Gasteiger partial charge >= 0.3 is 0 Å². The molecular weight excluding hydrogens is 774 g/mol. The highest BCUT2D eigenvalue weighted by Gasteiger charge is 2.15. The van der Waals surface area contributed by atoms with E-state index in [1.807, 2.05) is 12.1 Å². The summed E-state index contributed by atoms with van der Waals surface area (Å²) >= 11 is 23.9. The SMILES string of the molecule is COc1cc(N=Nc2ccccn2)ccc1NC(=O)c1ccc(Cl)cc1Cl.COc1cc(N=Nc2ccccn2)ccc1NC(=O)c1ccc(Cl)cc1Cl. The van der Waals surface area contributed by atoms with Gasteiger partial charge in [-0.25, -0.2) is 9.97 Å². The van der Waals surface area contributed by atoms with Gasteiger partial charge in [0.25, 0.3) is 11.8 Å². The van der Waals surface area contributed by atoms with Gasteiger partial charge in [-0.2, -0.15) is 0 Å². The number of methoxy groups -OCH3 is 2. The van der Waals surface area contributed by atoms with E-state index in [1.54, 1.807) is 97.3 Å². The topological polar surface area (TPSA) is 152 Å². The summed E-state index contributed by atoms with van der Waals surface area (Å²) in [6.45, 7) is 0. The maximum absolute atomic E-state index is 12.5. The van der Waals surface area contributed by atoms with Crippen molar-refractivity contribution in [2.45, 2.75) is 0 Å². The monoisotopic (exact) mass is 800 g/mol. The fraction of sp³-hybridized carbons (Fsp3) is 0.0526. The Balaban J connectivity index is 0.000000208. The average molecular weight is 803 g/mol. The lowest BCUT2D eigenvalue weighted by Crippen LogP contribution is -2.13. The zero-order valence-electron chi connectivity index (χ0n) is 28.4. The first-order valence-electron chi connectivity index (χ1n) is 15.7. The molecule has 272 valence electrons. The molecule has 0 unspecified atom stereocenters. The van der Waals surface area contributed by atoms with E-state index in [-0.39, 0.29) is 21.9 Å². The van der Waals surface area contributed by atoms with Crippen LogP contribution in [0.25, 0.3) is 0 Å². The van der Waals surface area contributed by atoms with E-state index < -0.39 is 0 Å². The second-order valence-electron chi connectivity index (χ2n) is 10.7. The quantitative estimate of drug-likeness (QED) is 0.132. The molecule has 0 aliphatic heterocycles. The Kier molecular flexibility index (Phi) is 14.0. The summed E-state index contributed by atoms with van der Waals surface area (Å²) in [4.78, 5) is 33.1. The van der Waals surface area contributed by atoms with Gasteiger partial charge in [-0.15, -0.1) is 20.5 Å². The first-order chi connectivity index (χ1) is 26.1. The van der Waals surface area contributed by atoms with E-state index >= 15 is 0 Å². The van der Waals surface area contributed by atoms with Crippen LogP contribution < -0.4 is 20.1 Å². The minimum absolute atomic E-state index is 0.264. The van der Waals surface area contributed by atoms with Gasteiger partial charge in [-0.1, -0.05) is 58.5 Å². The molecule has 0 saturated heterocycles. The zero-order chi connectivity index (χ0) is 38.5. The molecule has 2 amide bonds. The lowest BCUT2D eigenvalue weighted by Gasteiger charge is -2.11.